The van der Waals surface area contributed by atoms with Gasteiger partial charge < -0.3 is 4.40 Å². The Morgan fingerprint density at radius 1 is 0.485 bits per heavy atom. The topological polar surface area (TPSA) is 17.3 Å². The zero-order valence-electron chi connectivity index (χ0n) is 17.9. The number of benzene rings is 5. The molecule has 2 nitrogen and oxygen atoms in total. The molecule has 0 saturated carbocycles. The van der Waals surface area contributed by atoms with Gasteiger partial charge in [0.2, 0.25) is 0 Å². The first-order chi connectivity index (χ1) is 16.4. The lowest BCUT2D eigenvalue weighted by Gasteiger charge is -2.09. The molecule has 33 heavy (non-hydrogen) atoms. The minimum atomic E-state index is 1.00. The van der Waals surface area contributed by atoms with Crippen molar-refractivity contribution in [1.29, 1.82) is 0 Å². The third-order valence-electron chi connectivity index (χ3n) is 6.63. The first-order valence-electron chi connectivity index (χ1n) is 11.2. The lowest BCUT2D eigenvalue weighted by Crippen LogP contribution is -1.90. The zero-order valence-corrected chi connectivity index (χ0v) is 17.9. The van der Waals surface area contributed by atoms with Crippen LogP contribution in [0, 0.1) is 0 Å². The number of hydrogen-bond donors (Lipinski definition) is 0. The Balaban J connectivity index is 1.47. The van der Waals surface area contributed by atoms with E-state index in [1.165, 1.54) is 43.9 Å². The van der Waals surface area contributed by atoms with Crippen LogP contribution in [0.3, 0.4) is 0 Å². The van der Waals surface area contributed by atoms with Crippen molar-refractivity contribution < 1.29 is 0 Å². The summed E-state index contributed by atoms with van der Waals surface area (Å²) in [6, 6.07) is 41.0. The van der Waals surface area contributed by atoms with Crippen molar-refractivity contribution in [3.8, 4) is 22.3 Å². The van der Waals surface area contributed by atoms with Crippen LogP contribution in [0.2, 0.25) is 0 Å². The smallest absolute Gasteiger partial charge is 0.0871 e. The van der Waals surface area contributed by atoms with E-state index in [0.717, 1.165) is 16.6 Å². The van der Waals surface area contributed by atoms with Crippen molar-refractivity contribution in [3.63, 3.8) is 0 Å². The Bertz CT molecular complexity index is 1800. The molecule has 154 valence electrons. The molecule has 0 atom stereocenters. The molecule has 0 radical (unpaired) electrons. The van der Waals surface area contributed by atoms with E-state index in [2.05, 4.69) is 114 Å². The molecular weight excluding hydrogens is 400 g/mol. The first-order valence-corrected chi connectivity index (χ1v) is 11.2. The van der Waals surface area contributed by atoms with E-state index in [1.807, 2.05) is 12.3 Å². The number of para-hydroxylation sites is 3. The molecule has 0 aliphatic rings. The van der Waals surface area contributed by atoms with Crippen LogP contribution in [0.15, 0.2) is 121 Å². The lowest BCUT2D eigenvalue weighted by molar-refractivity contribution is 1.27. The lowest BCUT2D eigenvalue weighted by atomic mass is 9.96. The van der Waals surface area contributed by atoms with Gasteiger partial charge in [-0.15, -0.1) is 0 Å². The van der Waals surface area contributed by atoms with Crippen LogP contribution in [-0.4, -0.2) is 9.38 Å². The second kappa shape index (κ2) is 7.04. The van der Waals surface area contributed by atoms with Gasteiger partial charge in [0.15, 0.2) is 0 Å². The second-order valence-corrected chi connectivity index (χ2v) is 8.46. The highest BCUT2D eigenvalue weighted by atomic mass is 14.9. The number of nitrogens with zero attached hydrogens (tertiary/aromatic N) is 2. The Morgan fingerprint density at radius 2 is 1.15 bits per heavy atom. The van der Waals surface area contributed by atoms with E-state index in [9.17, 15) is 0 Å². The predicted molar refractivity (Wildman–Crippen MR) is 139 cm³/mol. The number of aromatic nitrogens is 2. The number of hydrogen-bond acceptors (Lipinski definition) is 1. The van der Waals surface area contributed by atoms with Crippen molar-refractivity contribution in [1.82, 2.24) is 9.38 Å². The van der Waals surface area contributed by atoms with Crippen molar-refractivity contribution >= 4 is 38.2 Å². The predicted octanol–water partition coefficient (Wildman–Crippen LogP) is 8.13. The van der Waals surface area contributed by atoms with Crippen LogP contribution in [0.25, 0.3) is 60.5 Å². The Labute approximate surface area is 191 Å². The standard InChI is InChI=1S/C31H20N2/c1-2-10-24-21(8-1)9-7-12-25(24)22-16-18-23(19-17-22)31-26-11-3-5-14-28(26)33-29-15-6-4-13-27(29)32-20-30(31)33/h1-20H. The SMILES string of the molecule is c1ccc2c(-c3ccc(-c4c5ccccc5n5c4cnc4ccccc45)cc3)cccc2c1. The van der Waals surface area contributed by atoms with Crippen molar-refractivity contribution in [3.05, 3.63) is 121 Å². The maximum Gasteiger partial charge on any atom is 0.0871 e. The maximum absolute atomic E-state index is 4.77. The van der Waals surface area contributed by atoms with E-state index in [1.54, 1.807) is 0 Å². The van der Waals surface area contributed by atoms with Crippen LogP contribution >= 0.6 is 0 Å². The quantitative estimate of drug-likeness (QED) is 0.276. The molecule has 0 N–H and O–H groups in total. The molecule has 0 spiro atoms. The fraction of sp³-hybridized carbons (Fsp3) is 0. The molecule has 0 amide bonds. The highest BCUT2D eigenvalue weighted by molar-refractivity contribution is 6.08. The summed E-state index contributed by atoms with van der Waals surface area (Å²) in [6.07, 6.45) is 2.01. The van der Waals surface area contributed by atoms with E-state index in [4.69, 9.17) is 4.98 Å². The van der Waals surface area contributed by atoms with Crippen LogP contribution in [0.1, 0.15) is 0 Å². The van der Waals surface area contributed by atoms with Gasteiger partial charge in [-0.25, -0.2) is 0 Å². The molecule has 5 aromatic carbocycles. The van der Waals surface area contributed by atoms with Gasteiger partial charge in [-0.1, -0.05) is 97.1 Å². The number of rotatable bonds is 2. The fourth-order valence-corrected chi connectivity index (χ4v) is 5.13. The van der Waals surface area contributed by atoms with Crippen molar-refractivity contribution in [2.45, 2.75) is 0 Å². The molecule has 2 heteroatoms. The minimum Gasteiger partial charge on any atom is -0.306 e. The summed E-state index contributed by atoms with van der Waals surface area (Å²) in [4.78, 5) is 4.77. The van der Waals surface area contributed by atoms with Crippen LogP contribution in [0.4, 0.5) is 0 Å². The van der Waals surface area contributed by atoms with Crippen molar-refractivity contribution in [2.24, 2.45) is 0 Å². The minimum absolute atomic E-state index is 1.00. The monoisotopic (exact) mass is 420 g/mol. The maximum atomic E-state index is 4.77. The summed E-state index contributed by atoms with van der Waals surface area (Å²) in [5, 5.41) is 3.79. The van der Waals surface area contributed by atoms with Crippen LogP contribution in [-0.2, 0) is 0 Å². The third kappa shape index (κ3) is 2.71. The number of fused-ring (bicyclic) bond motifs is 6. The second-order valence-electron chi connectivity index (χ2n) is 8.46. The Hall–Kier alpha value is -4.43. The van der Waals surface area contributed by atoms with Gasteiger partial charge >= 0.3 is 0 Å². The molecule has 2 aromatic heterocycles. The van der Waals surface area contributed by atoms with Gasteiger partial charge in [-0.05, 0) is 45.7 Å². The molecule has 0 saturated heterocycles. The van der Waals surface area contributed by atoms with Gasteiger partial charge in [-0.2, -0.15) is 0 Å². The Kier molecular flexibility index (Phi) is 3.88. The molecule has 0 aliphatic heterocycles. The van der Waals surface area contributed by atoms with Gasteiger partial charge in [0.25, 0.3) is 0 Å². The molecular formula is C31H20N2. The summed E-state index contributed by atoms with van der Waals surface area (Å²) in [6.45, 7) is 0. The highest BCUT2D eigenvalue weighted by Gasteiger charge is 2.16. The van der Waals surface area contributed by atoms with Gasteiger partial charge in [-0.3, -0.25) is 4.98 Å². The summed E-state index contributed by atoms with van der Waals surface area (Å²) < 4.78 is 2.34. The van der Waals surface area contributed by atoms with E-state index in [-0.39, 0.29) is 0 Å². The van der Waals surface area contributed by atoms with E-state index >= 15 is 0 Å². The molecule has 7 rings (SSSR count). The molecule has 0 fully saturated rings. The van der Waals surface area contributed by atoms with Gasteiger partial charge in [0.05, 0.1) is 28.3 Å². The Morgan fingerprint density at radius 3 is 2.03 bits per heavy atom. The highest BCUT2D eigenvalue weighted by Crippen LogP contribution is 2.38. The van der Waals surface area contributed by atoms with E-state index in [0.29, 0.717) is 0 Å². The average molecular weight is 421 g/mol. The van der Waals surface area contributed by atoms with Crippen LogP contribution in [0.5, 0.6) is 0 Å². The molecule has 7 aromatic rings. The summed E-state index contributed by atoms with van der Waals surface area (Å²) in [5.74, 6) is 0. The molecule has 2 heterocycles. The van der Waals surface area contributed by atoms with Crippen molar-refractivity contribution in [2.75, 3.05) is 0 Å². The summed E-state index contributed by atoms with van der Waals surface area (Å²) in [5.41, 5.74) is 9.40. The average Bonchev–Trinajstić information content (AvgIpc) is 3.23. The zero-order chi connectivity index (χ0) is 21.8. The largest absolute Gasteiger partial charge is 0.306 e. The molecule has 0 bridgehead atoms. The summed E-state index contributed by atoms with van der Waals surface area (Å²) in [7, 11) is 0. The third-order valence-corrected chi connectivity index (χ3v) is 6.63. The first kappa shape index (κ1) is 18.2. The normalized spacial score (nSPS) is 11.6. The fourth-order valence-electron chi connectivity index (χ4n) is 5.13. The van der Waals surface area contributed by atoms with Gasteiger partial charge in [0, 0.05) is 10.9 Å². The molecule has 0 aliphatic carbocycles. The van der Waals surface area contributed by atoms with Gasteiger partial charge in [0.1, 0.15) is 0 Å². The summed E-state index contributed by atoms with van der Waals surface area (Å²) >= 11 is 0. The molecule has 0 unspecified atom stereocenters. The van der Waals surface area contributed by atoms with E-state index < -0.39 is 0 Å². The van der Waals surface area contributed by atoms with Crippen LogP contribution < -0.4 is 0 Å².